The van der Waals surface area contributed by atoms with Gasteiger partial charge in [0.1, 0.15) is 0 Å². The van der Waals surface area contributed by atoms with Crippen molar-refractivity contribution in [3.63, 3.8) is 0 Å². The maximum atomic E-state index is 9.22. The first kappa shape index (κ1) is 13.6. The largest absolute Gasteiger partial charge is 0.515 e. The Morgan fingerprint density at radius 2 is 2.06 bits per heavy atom. The van der Waals surface area contributed by atoms with Crippen molar-refractivity contribution in [2.24, 2.45) is 17.1 Å². The summed E-state index contributed by atoms with van der Waals surface area (Å²) in [6.07, 6.45) is 3.82. The molecule has 2 nitrogen and oxygen atoms in total. The molecule has 0 aliphatic heterocycles. The van der Waals surface area contributed by atoms with Gasteiger partial charge in [-0.1, -0.05) is 32.4 Å². The van der Waals surface area contributed by atoms with Gasteiger partial charge in [0.2, 0.25) is 0 Å². The SMILES string of the molecule is CC(C)(C)C1CC(CCN)=C(Cl)/C(=C/O)C1. The van der Waals surface area contributed by atoms with E-state index in [1.54, 1.807) is 0 Å². The third-order valence-electron chi connectivity index (χ3n) is 3.38. The lowest BCUT2D eigenvalue weighted by Gasteiger charge is -2.36. The van der Waals surface area contributed by atoms with E-state index < -0.39 is 0 Å². The molecule has 0 fully saturated rings. The Bertz CT molecular complexity index is 312. The van der Waals surface area contributed by atoms with Gasteiger partial charge in [-0.05, 0) is 42.7 Å². The van der Waals surface area contributed by atoms with E-state index in [2.05, 4.69) is 20.8 Å². The van der Waals surface area contributed by atoms with Crippen LogP contribution >= 0.6 is 11.6 Å². The first-order valence-corrected chi connectivity index (χ1v) is 6.19. The second kappa shape index (κ2) is 5.24. The highest BCUT2D eigenvalue weighted by atomic mass is 35.5. The minimum Gasteiger partial charge on any atom is -0.515 e. The third-order valence-corrected chi connectivity index (χ3v) is 3.89. The number of rotatable bonds is 2. The maximum absolute atomic E-state index is 9.22. The van der Waals surface area contributed by atoms with Crippen LogP contribution in [0.25, 0.3) is 0 Å². The van der Waals surface area contributed by atoms with Gasteiger partial charge in [-0.25, -0.2) is 0 Å². The Morgan fingerprint density at radius 3 is 2.50 bits per heavy atom. The second-order valence-corrected chi connectivity index (χ2v) is 5.96. The molecule has 0 bridgehead atoms. The van der Waals surface area contributed by atoms with Crippen LogP contribution in [-0.2, 0) is 0 Å². The van der Waals surface area contributed by atoms with Crippen LogP contribution in [0.2, 0.25) is 0 Å². The molecule has 0 radical (unpaired) electrons. The molecule has 0 aromatic heterocycles. The molecule has 1 aliphatic rings. The third kappa shape index (κ3) is 3.02. The normalized spacial score (nSPS) is 25.3. The fourth-order valence-corrected chi connectivity index (χ4v) is 2.45. The molecule has 0 saturated carbocycles. The van der Waals surface area contributed by atoms with Crippen molar-refractivity contribution in [3.05, 3.63) is 22.4 Å². The topological polar surface area (TPSA) is 46.2 Å². The minimum atomic E-state index is 0.228. The van der Waals surface area contributed by atoms with Crippen LogP contribution in [0.5, 0.6) is 0 Å². The fraction of sp³-hybridized carbons (Fsp3) is 0.692. The van der Waals surface area contributed by atoms with E-state index in [0.29, 0.717) is 12.5 Å². The van der Waals surface area contributed by atoms with Gasteiger partial charge in [0.25, 0.3) is 0 Å². The highest BCUT2D eigenvalue weighted by molar-refractivity contribution is 6.32. The van der Waals surface area contributed by atoms with Crippen molar-refractivity contribution in [2.45, 2.75) is 40.0 Å². The molecule has 3 heteroatoms. The van der Waals surface area contributed by atoms with E-state index in [4.69, 9.17) is 17.3 Å². The molecule has 1 aliphatic carbocycles. The van der Waals surface area contributed by atoms with Crippen LogP contribution < -0.4 is 5.73 Å². The summed E-state index contributed by atoms with van der Waals surface area (Å²) in [7, 11) is 0. The molecule has 0 amide bonds. The van der Waals surface area contributed by atoms with E-state index in [1.165, 1.54) is 5.57 Å². The van der Waals surface area contributed by atoms with Crippen molar-refractivity contribution >= 4 is 11.6 Å². The Morgan fingerprint density at radius 1 is 1.44 bits per heavy atom. The zero-order valence-electron chi connectivity index (χ0n) is 10.4. The average molecular weight is 244 g/mol. The van der Waals surface area contributed by atoms with E-state index in [1.807, 2.05) is 0 Å². The van der Waals surface area contributed by atoms with Crippen molar-refractivity contribution < 1.29 is 5.11 Å². The van der Waals surface area contributed by atoms with Gasteiger partial charge in [-0.3, -0.25) is 0 Å². The van der Waals surface area contributed by atoms with Crippen molar-refractivity contribution in [2.75, 3.05) is 6.54 Å². The standard InChI is InChI=1S/C13H22ClNO/c1-13(2,3)11-6-9(4-5-15)12(14)10(7-11)8-16/h8,11,16H,4-7,15H2,1-3H3/b10-8+. The highest BCUT2D eigenvalue weighted by Gasteiger charge is 2.31. The van der Waals surface area contributed by atoms with E-state index >= 15 is 0 Å². The fourth-order valence-electron chi connectivity index (χ4n) is 2.15. The van der Waals surface area contributed by atoms with Gasteiger partial charge < -0.3 is 10.8 Å². The molecule has 0 spiro atoms. The summed E-state index contributed by atoms with van der Waals surface area (Å²) in [5.74, 6) is 0.523. The average Bonchev–Trinajstić information content (AvgIpc) is 2.19. The van der Waals surface area contributed by atoms with E-state index in [9.17, 15) is 5.11 Å². The summed E-state index contributed by atoms with van der Waals surface area (Å²) in [6.45, 7) is 7.30. The lowest BCUT2D eigenvalue weighted by atomic mass is 9.71. The maximum Gasteiger partial charge on any atom is 0.0838 e. The number of allylic oxidation sites excluding steroid dienone is 2. The summed E-state index contributed by atoms with van der Waals surface area (Å²) in [4.78, 5) is 0. The van der Waals surface area contributed by atoms with Gasteiger partial charge in [-0.15, -0.1) is 0 Å². The van der Waals surface area contributed by atoms with Crippen molar-refractivity contribution in [1.29, 1.82) is 0 Å². The monoisotopic (exact) mass is 243 g/mol. The van der Waals surface area contributed by atoms with E-state index in [0.717, 1.165) is 36.1 Å². The van der Waals surface area contributed by atoms with Crippen LogP contribution in [0.15, 0.2) is 22.4 Å². The summed E-state index contributed by atoms with van der Waals surface area (Å²) >= 11 is 6.24. The molecule has 92 valence electrons. The molecule has 0 heterocycles. The van der Waals surface area contributed by atoms with Gasteiger partial charge in [-0.2, -0.15) is 0 Å². The van der Waals surface area contributed by atoms with E-state index in [-0.39, 0.29) is 5.41 Å². The van der Waals surface area contributed by atoms with Gasteiger partial charge in [0.15, 0.2) is 0 Å². The zero-order valence-corrected chi connectivity index (χ0v) is 11.1. The molecule has 0 saturated heterocycles. The van der Waals surface area contributed by atoms with Crippen molar-refractivity contribution in [1.82, 2.24) is 0 Å². The number of aliphatic hydroxyl groups excluding tert-OH is 1. The van der Waals surface area contributed by atoms with Crippen molar-refractivity contribution in [3.8, 4) is 0 Å². The molecular formula is C13H22ClNO. The van der Waals surface area contributed by atoms with Gasteiger partial charge in [0.05, 0.1) is 6.26 Å². The molecular weight excluding hydrogens is 222 g/mol. The number of hydrogen-bond acceptors (Lipinski definition) is 2. The number of halogens is 1. The van der Waals surface area contributed by atoms with Crippen LogP contribution in [0, 0.1) is 11.3 Å². The van der Waals surface area contributed by atoms with Crippen LogP contribution in [-0.4, -0.2) is 11.7 Å². The zero-order chi connectivity index (χ0) is 12.3. The summed E-state index contributed by atoms with van der Waals surface area (Å²) in [5.41, 5.74) is 7.86. The molecule has 0 aromatic carbocycles. The smallest absolute Gasteiger partial charge is 0.0838 e. The number of nitrogens with two attached hydrogens (primary N) is 1. The lowest BCUT2D eigenvalue weighted by Crippen LogP contribution is -2.25. The van der Waals surface area contributed by atoms with Gasteiger partial charge in [0, 0.05) is 10.6 Å². The Balaban J connectivity index is 2.98. The molecule has 1 unspecified atom stereocenters. The first-order chi connectivity index (χ1) is 7.40. The molecule has 3 N–H and O–H groups in total. The molecule has 1 rings (SSSR count). The summed E-state index contributed by atoms with van der Waals surface area (Å²) < 4.78 is 0. The quantitative estimate of drug-likeness (QED) is 0.726. The second-order valence-electron chi connectivity index (χ2n) is 5.58. The molecule has 1 atom stereocenters. The predicted molar refractivity (Wildman–Crippen MR) is 69.4 cm³/mol. The Labute approximate surface area is 103 Å². The van der Waals surface area contributed by atoms with Crippen LogP contribution in [0.1, 0.15) is 40.0 Å². The lowest BCUT2D eigenvalue weighted by molar-refractivity contribution is 0.229. The molecule has 16 heavy (non-hydrogen) atoms. The molecule has 0 aromatic rings. The predicted octanol–water partition coefficient (Wildman–Crippen LogP) is 3.73. The van der Waals surface area contributed by atoms with Crippen LogP contribution in [0.4, 0.5) is 0 Å². The van der Waals surface area contributed by atoms with Gasteiger partial charge >= 0.3 is 0 Å². The Kier molecular flexibility index (Phi) is 4.45. The van der Waals surface area contributed by atoms with Crippen LogP contribution in [0.3, 0.4) is 0 Å². The minimum absolute atomic E-state index is 0.228. The number of aliphatic hydroxyl groups is 1. The summed E-state index contributed by atoms with van der Waals surface area (Å²) in [5, 5.41) is 9.95. The highest BCUT2D eigenvalue weighted by Crippen LogP contribution is 2.44. The number of hydrogen-bond donors (Lipinski definition) is 2. The summed E-state index contributed by atoms with van der Waals surface area (Å²) in [6, 6.07) is 0. The first-order valence-electron chi connectivity index (χ1n) is 5.81. The Hall–Kier alpha value is -0.470.